The molecule has 0 atom stereocenters. The summed E-state index contributed by atoms with van der Waals surface area (Å²) in [6.45, 7) is 36.9. The summed E-state index contributed by atoms with van der Waals surface area (Å²) in [4.78, 5) is 4.97. The summed E-state index contributed by atoms with van der Waals surface area (Å²) in [6.07, 6.45) is 29.4. The number of rotatable bonds is 42. The first kappa shape index (κ1) is 96.5. The molecule has 15 aromatic rings. The van der Waals surface area contributed by atoms with Crippen LogP contribution in [0.15, 0.2) is 291 Å². The Balaban J connectivity index is 0.791. The van der Waals surface area contributed by atoms with Crippen molar-refractivity contribution >= 4 is 34.1 Å². The van der Waals surface area contributed by atoms with Crippen molar-refractivity contribution in [3.05, 3.63) is 380 Å². The smallest absolute Gasteiger partial charge is 0.0464 e. The van der Waals surface area contributed by atoms with E-state index >= 15 is 0 Å². The first-order valence-electron chi connectivity index (χ1n) is 51.8. The predicted octanol–water partition coefficient (Wildman–Crippen LogP) is 39.0. The maximum Gasteiger partial charge on any atom is 0.0464 e. The molecule has 0 saturated carbocycles. The van der Waals surface area contributed by atoms with E-state index in [1.165, 1.54) is 239 Å². The van der Waals surface area contributed by atoms with Crippen molar-refractivity contribution in [3.8, 4) is 111 Å². The maximum absolute atomic E-state index is 2.64. The van der Waals surface area contributed by atoms with E-state index in [0.717, 1.165) is 163 Å². The second-order valence-corrected chi connectivity index (χ2v) is 38.7. The van der Waals surface area contributed by atoms with Crippen LogP contribution in [0, 0.1) is 41.5 Å². The average Bonchev–Trinajstić information content (AvgIpc) is 0.761. The summed E-state index contributed by atoms with van der Waals surface area (Å²) in [6, 6.07) is 115. The van der Waals surface area contributed by atoms with Crippen LogP contribution in [0.4, 0.5) is 34.1 Å². The molecule has 0 aliphatic rings. The van der Waals surface area contributed by atoms with Crippen LogP contribution >= 0.6 is 0 Å². The lowest BCUT2D eigenvalue weighted by Gasteiger charge is -2.28. The highest BCUT2D eigenvalue weighted by Crippen LogP contribution is 2.47. The molecule has 0 saturated heterocycles. The van der Waals surface area contributed by atoms with Crippen LogP contribution in [0.1, 0.15) is 261 Å². The Morgan fingerprint density at radius 1 is 0.134 bits per heavy atom. The van der Waals surface area contributed by atoms with Gasteiger partial charge in [-0.15, -0.1) is 0 Å². The van der Waals surface area contributed by atoms with Gasteiger partial charge in [-0.3, -0.25) is 0 Å². The predicted molar refractivity (Wildman–Crippen MR) is 586 cm³/mol. The summed E-state index contributed by atoms with van der Waals surface area (Å²) in [5.74, 6) is 0. The third-order valence-corrected chi connectivity index (χ3v) is 28.5. The Morgan fingerprint density at radius 2 is 0.321 bits per heavy atom. The second-order valence-electron chi connectivity index (χ2n) is 38.7. The highest BCUT2D eigenvalue weighted by Gasteiger charge is 2.24. The van der Waals surface area contributed by atoms with Crippen molar-refractivity contribution in [2.75, 3.05) is 9.80 Å². The molecular formula is C132H148N2. The van der Waals surface area contributed by atoms with Crippen molar-refractivity contribution in [2.45, 2.75) is 278 Å². The molecule has 0 aliphatic carbocycles. The fourth-order valence-electron chi connectivity index (χ4n) is 21.1. The number of hydrogen-bond acceptors (Lipinski definition) is 2. The van der Waals surface area contributed by atoms with Crippen molar-refractivity contribution < 1.29 is 0 Å². The molecule has 0 aliphatic heterocycles. The van der Waals surface area contributed by atoms with Gasteiger partial charge in [0.15, 0.2) is 0 Å². The van der Waals surface area contributed by atoms with E-state index in [1.54, 1.807) is 0 Å². The number of aryl methyl sites for hydroxylation is 16. The van der Waals surface area contributed by atoms with Crippen LogP contribution in [-0.4, -0.2) is 0 Å². The van der Waals surface area contributed by atoms with Crippen molar-refractivity contribution in [3.63, 3.8) is 0 Å². The molecule has 0 N–H and O–H groups in total. The summed E-state index contributed by atoms with van der Waals surface area (Å²) in [5.41, 5.74) is 55.2. The van der Waals surface area contributed by atoms with Crippen LogP contribution in [-0.2, 0) is 64.2 Å². The zero-order valence-electron chi connectivity index (χ0n) is 84.0. The minimum atomic E-state index is 1.01. The van der Waals surface area contributed by atoms with Crippen LogP contribution in [0.5, 0.6) is 0 Å². The van der Waals surface area contributed by atoms with Crippen LogP contribution in [0.25, 0.3) is 111 Å². The van der Waals surface area contributed by atoms with Crippen LogP contribution in [0.2, 0.25) is 0 Å². The zero-order valence-corrected chi connectivity index (χ0v) is 84.0. The van der Waals surface area contributed by atoms with E-state index in [4.69, 9.17) is 0 Å². The Bertz CT molecular complexity index is 5710. The second kappa shape index (κ2) is 46.2. The Morgan fingerprint density at radius 3 is 0.530 bits per heavy atom. The SMILES string of the molecule is CCCCCCc1cc(-c2ccc(N(c3ccc(-c4ccc(-c5cc(CCC)c(C)cc5CCC)cc4)cc3)c3ccc(-c4ccc(-c5cc(CCC)c(C)cc5CCC)cc4)cc3)cc2C)c(CCCCCC)cc1-c1ccc(N(c2ccc(-c3ccc(-c4cc(CCC)c(C)cc4CCC)cc3)cc2)c2ccc(-c3ccc(-c4cc(CCC)c(C)cc4CCC)cc3)cc2)cc1C. The molecule has 0 radical (unpaired) electrons. The molecule has 0 spiro atoms. The van der Waals surface area contributed by atoms with E-state index in [-0.39, 0.29) is 0 Å². The highest BCUT2D eigenvalue weighted by atomic mass is 15.1. The summed E-state index contributed by atoms with van der Waals surface area (Å²) >= 11 is 0. The minimum Gasteiger partial charge on any atom is -0.310 e. The van der Waals surface area contributed by atoms with Crippen LogP contribution < -0.4 is 9.80 Å². The molecule has 0 heterocycles. The topological polar surface area (TPSA) is 6.48 Å². The normalized spacial score (nSPS) is 11.5. The molecule has 2 heteroatoms. The van der Waals surface area contributed by atoms with Crippen LogP contribution in [0.3, 0.4) is 0 Å². The molecule has 0 bridgehead atoms. The first-order chi connectivity index (χ1) is 65.4. The van der Waals surface area contributed by atoms with Gasteiger partial charge in [-0.2, -0.15) is 0 Å². The molecule has 686 valence electrons. The first-order valence-corrected chi connectivity index (χ1v) is 51.8. The van der Waals surface area contributed by atoms with E-state index < -0.39 is 0 Å². The molecule has 0 unspecified atom stereocenters. The quantitative estimate of drug-likeness (QED) is 0.0352. The fourth-order valence-corrected chi connectivity index (χ4v) is 21.1. The Hall–Kier alpha value is -12.1. The molecular weight excluding hydrogens is 1610 g/mol. The standard InChI is InChI=1S/C132H148N2/c1-17-27-29-31-41-117-89-132(126-78-76-124(84-96(126)16)134(121-71-63-103(64-72-121)99-47-55-107(56-48-99)129-87-111(35-21-5)93(13)81-115(129)39-25-9)122-73-65-104(66-74-122)100-49-57-108(58-50-100)130-88-112(36-22-6)94(14)82-116(130)40-26-10)118(42-32-30-28-18-2)90-131(117)125-77-75-123(83-95(125)15)133(119-67-59-101(60-68-119)97-43-51-105(52-44-97)127-85-109(33-19-3)91(11)79-113(127)37-23-7)120-69-61-102(62-70-120)98-45-53-106(54-46-98)128-86-110(34-20-4)92(12)80-114(128)38-24-8/h43-90H,17-42H2,1-16H3. The van der Waals surface area contributed by atoms with Gasteiger partial charge in [0, 0.05) is 34.1 Å². The lowest BCUT2D eigenvalue weighted by molar-refractivity contribution is 0.664. The molecule has 0 fully saturated rings. The van der Waals surface area contributed by atoms with Gasteiger partial charge in [-0.05, 0) is 392 Å². The van der Waals surface area contributed by atoms with Gasteiger partial charge >= 0.3 is 0 Å². The van der Waals surface area contributed by atoms with Crippen molar-refractivity contribution in [1.29, 1.82) is 0 Å². The van der Waals surface area contributed by atoms with Gasteiger partial charge in [0.25, 0.3) is 0 Å². The Labute approximate surface area is 807 Å². The van der Waals surface area contributed by atoms with Gasteiger partial charge in [0.05, 0.1) is 0 Å². The van der Waals surface area contributed by atoms with Crippen molar-refractivity contribution in [2.24, 2.45) is 0 Å². The lowest BCUT2D eigenvalue weighted by Crippen LogP contribution is -2.10. The third-order valence-electron chi connectivity index (χ3n) is 28.5. The molecule has 15 rings (SSSR count). The van der Waals surface area contributed by atoms with Gasteiger partial charge in [0.1, 0.15) is 0 Å². The third kappa shape index (κ3) is 22.6. The number of unbranched alkanes of at least 4 members (excludes halogenated alkanes) is 6. The molecule has 0 aromatic heterocycles. The average molecular weight is 1760 g/mol. The van der Waals surface area contributed by atoms with Crippen molar-refractivity contribution in [1.82, 2.24) is 0 Å². The lowest BCUT2D eigenvalue weighted by atomic mass is 9.84. The number of anilines is 6. The van der Waals surface area contributed by atoms with Gasteiger partial charge in [0.2, 0.25) is 0 Å². The molecule has 0 amide bonds. The summed E-state index contributed by atoms with van der Waals surface area (Å²) in [5, 5.41) is 0. The minimum absolute atomic E-state index is 1.01. The van der Waals surface area contributed by atoms with E-state index in [2.05, 4.69) is 412 Å². The maximum atomic E-state index is 2.64. The molecule has 134 heavy (non-hydrogen) atoms. The zero-order chi connectivity index (χ0) is 93.7. The largest absolute Gasteiger partial charge is 0.310 e. The Kier molecular flexibility index (Phi) is 33.3. The van der Waals surface area contributed by atoms with E-state index in [0.29, 0.717) is 0 Å². The summed E-state index contributed by atoms with van der Waals surface area (Å²) < 4.78 is 0. The fraction of sp³-hybridized carbons (Fsp3) is 0.318. The highest BCUT2D eigenvalue weighted by molar-refractivity contribution is 5.89. The van der Waals surface area contributed by atoms with E-state index in [1.807, 2.05) is 0 Å². The van der Waals surface area contributed by atoms with Gasteiger partial charge in [-0.1, -0.05) is 378 Å². The van der Waals surface area contributed by atoms with E-state index in [9.17, 15) is 0 Å². The van der Waals surface area contributed by atoms with Gasteiger partial charge in [-0.25, -0.2) is 0 Å². The van der Waals surface area contributed by atoms with Gasteiger partial charge < -0.3 is 9.80 Å². The molecule has 2 nitrogen and oxygen atoms in total. The summed E-state index contributed by atoms with van der Waals surface area (Å²) in [7, 11) is 0. The number of nitrogens with zero attached hydrogens (tertiary/aromatic N) is 2. The number of hydrogen-bond donors (Lipinski definition) is 0. The molecule has 15 aromatic carbocycles. The monoisotopic (exact) mass is 1760 g/mol. The number of benzene rings is 15.